The lowest BCUT2D eigenvalue weighted by Crippen LogP contribution is -2.42. The highest BCUT2D eigenvalue weighted by Gasteiger charge is 2.35. The van der Waals surface area contributed by atoms with Crippen LogP contribution < -0.4 is 0 Å². The van der Waals surface area contributed by atoms with Crippen LogP contribution in [0, 0.1) is 19.8 Å². The van der Waals surface area contributed by atoms with E-state index < -0.39 is 0 Å². The van der Waals surface area contributed by atoms with Gasteiger partial charge in [0.25, 0.3) is 5.91 Å². The predicted molar refractivity (Wildman–Crippen MR) is 98.9 cm³/mol. The number of hydrogen-bond donors (Lipinski definition) is 1. The molecule has 2 aromatic rings. The number of aromatic amines is 1. The van der Waals surface area contributed by atoms with Gasteiger partial charge in [0.2, 0.25) is 5.91 Å². The van der Waals surface area contributed by atoms with Crippen molar-refractivity contribution in [1.82, 2.24) is 34.8 Å². The number of H-pyrrole nitrogens is 1. The molecule has 1 fully saturated rings. The third-order valence-electron chi connectivity index (χ3n) is 4.79. The highest BCUT2D eigenvalue weighted by atomic mass is 16.2. The highest BCUT2D eigenvalue weighted by molar-refractivity contribution is 5.92. The zero-order chi connectivity index (χ0) is 19.7. The number of carbonyl (C=O) groups is 2. The van der Waals surface area contributed by atoms with Crippen molar-refractivity contribution in [2.75, 3.05) is 19.6 Å². The SMILES string of the molecule is Cc1cc(C(=O)N2CCCN(C(=O)C(C)C)C(c3n[nH]c(C)n3)C2)n(C)n1. The minimum Gasteiger partial charge on any atom is -0.335 e. The molecule has 9 heteroatoms. The molecular weight excluding hydrogens is 346 g/mol. The Kier molecular flexibility index (Phi) is 5.29. The average Bonchev–Trinajstić information content (AvgIpc) is 3.10. The van der Waals surface area contributed by atoms with Crippen molar-refractivity contribution in [3.63, 3.8) is 0 Å². The zero-order valence-electron chi connectivity index (χ0n) is 16.6. The number of aromatic nitrogens is 5. The minimum atomic E-state index is -0.370. The van der Waals surface area contributed by atoms with Crippen LogP contribution in [-0.2, 0) is 11.8 Å². The molecule has 0 aromatic carbocycles. The number of carbonyl (C=O) groups excluding carboxylic acids is 2. The summed E-state index contributed by atoms with van der Waals surface area (Å²) in [7, 11) is 1.77. The second kappa shape index (κ2) is 7.50. The molecule has 1 atom stereocenters. The number of aryl methyl sites for hydroxylation is 3. The van der Waals surface area contributed by atoms with Gasteiger partial charge in [-0.2, -0.15) is 10.2 Å². The van der Waals surface area contributed by atoms with Crippen LogP contribution >= 0.6 is 0 Å². The first kappa shape index (κ1) is 19.1. The molecule has 9 nitrogen and oxygen atoms in total. The smallest absolute Gasteiger partial charge is 0.272 e. The summed E-state index contributed by atoms with van der Waals surface area (Å²) in [5, 5.41) is 11.4. The summed E-state index contributed by atoms with van der Waals surface area (Å²) < 4.78 is 1.60. The number of hydrogen-bond acceptors (Lipinski definition) is 5. The Morgan fingerprint density at radius 3 is 2.56 bits per heavy atom. The van der Waals surface area contributed by atoms with E-state index in [1.165, 1.54) is 0 Å². The summed E-state index contributed by atoms with van der Waals surface area (Å²) in [5.41, 5.74) is 1.34. The Balaban J connectivity index is 1.92. The third kappa shape index (κ3) is 3.86. The van der Waals surface area contributed by atoms with Crippen molar-refractivity contribution < 1.29 is 9.59 Å². The maximum absolute atomic E-state index is 13.1. The molecule has 146 valence electrons. The number of nitrogens with zero attached hydrogens (tertiary/aromatic N) is 6. The summed E-state index contributed by atoms with van der Waals surface area (Å²) in [6, 6.07) is 1.42. The second-order valence-corrected chi connectivity index (χ2v) is 7.38. The van der Waals surface area contributed by atoms with Crippen molar-refractivity contribution in [2.24, 2.45) is 13.0 Å². The molecule has 0 saturated carbocycles. The van der Waals surface area contributed by atoms with Crippen LogP contribution in [0.5, 0.6) is 0 Å². The van der Waals surface area contributed by atoms with Crippen LogP contribution in [0.15, 0.2) is 6.07 Å². The van der Waals surface area contributed by atoms with Crippen molar-refractivity contribution >= 4 is 11.8 Å². The Bertz CT molecular complexity index is 839. The lowest BCUT2D eigenvalue weighted by molar-refractivity contribution is -0.137. The lowest BCUT2D eigenvalue weighted by Gasteiger charge is -2.31. The molecule has 1 saturated heterocycles. The van der Waals surface area contributed by atoms with Crippen molar-refractivity contribution in [3.8, 4) is 0 Å². The Morgan fingerprint density at radius 1 is 1.26 bits per heavy atom. The van der Waals surface area contributed by atoms with Crippen LogP contribution in [0.4, 0.5) is 0 Å². The summed E-state index contributed by atoms with van der Waals surface area (Å²) in [5.74, 6) is 1.06. The first-order chi connectivity index (χ1) is 12.8. The van der Waals surface area contributed by atoms with E-state index in [1.807, 2.05) is 32.6 Å². The third-order valence-corrected chi connectivity index (χ3v) is 4.79. The second-order valence-electron chi connectivity index (χ2n) is 7.38. The molecule has 0 bridgehead atoms. The van der Waals surface area contributed by atoms with Gasteiger partial charge in [-0.1, -0.05) is 13.8 Å². The summed E-state index contributed by atoms with van der Waals surface area (Å²) >= 11 is 0. The van der Waals surface area contributed by atoms with Crippen LogP contribution in [0.2, 0.25) is 0 Å². The maximum atomic E-state index is 13.1. The molecule has 3 heterocycles. The molecule has 1 unspecified atom stereocenters. The molecule has 2 aromatic heterocycles. The van der Waals surface area contributed by atoms with E-state index in [4.69, 9.17) is 0 Å². The van der Waals surface area contributed by atoms with Crippen molar-refractivity contribution in [2.45, 2.75) is 40.2 Å². The largest absolute Gasteiger partial charge is 0.335 e. The molecule has 1 aliphatic heterocycles. The number of amides is 2. The Hall–Kier alpha value is -2.71. The number of rotatable bonds is 3. The van der Waals surface area contributed by atoms with Gasteiger partial charge in [0.15, 0.2) is 5.82 Å². The van der Waals surface area contributed by atoms with Gasteiger partial charge in [-0.25, -0.2) is 4.98 Å². The molecule has 2 amide bonds. The van der Waals surface area contributed by atoms with Crippen LogP contribution in [0.1, 0.15) is 54.1 Å². The van der Waals surface area contributed by atoms with Gasteiger partial charge in [-0.05, 0) is 26.3 Å². The first-order valence-electron chi connectivity index (χ1n) is 9.27. The normalized spacial score (nSPS) is 18.1. The van der Waals surface area contributed by atoms with Gasteiger partial charge < -0.3 is 9.80 Å². The van der Waals surface area contributed by atoms with Crippen LogP contribution in [0.3, 0.4) is 0 Å². The zero-order valence-corrected chi connectivity index (χ0v) is 16.6. The standard InChI is InChI=1S/C18H27N7O2/c1-11(2)17(26)25-8-6-7-24(10-15(25)16-19-13(4)20-21-16)18(27)14-9-12(3)22-23(14)5/h9,11,15H,6-8,10H2,1-5H3,(H,19,20,21). The van der Waals surface area contributed by atoms with Crippen LogP contribution in [0.25, 0.3) is 0 Å². The Morgan fingerprint density at radius 2 is 2.00 bits per heavy atom. The van der Waals surface area contributed by atoms with Gasteiger partial charge in [0.05, 0.1) is 5.69 Å². The predicted octanol–water partition coefficient (Wildman–Crippen LogP) is 1.23. The topological polar surface area (TPSA) is 100 Å². The van der Waals surface area contributed by atoms with E-state index in [9.17, 15) is 9.59 Å². The van der Waals surface area contributed by atoms with Gasteiger partial charge in [0.1, 0.15) is 17.6 Å². The lowest BCUT2D eigenvalue weighted by atomic mass is 10.1. The maximum Gasteiger partial charge on any atom is 0.272 e. The van der Waals surface area contributed by atoms with E-state index in [0.29, 0.717) is 43.4 Å². The minimum absolute atomic E-state index is 0.0492. The van der Waals surface area contributed by atoms with Crippen molar-refractivity contribution in [1.29, 1.82) is 0 Å². The average molecular weight is 373 g/mol. The van der Waals surface area contributed by atoms with Gasteiger partial charge in [-0.15, -0.1) is 0 Å². The molecule has 0 spiro atoms. The molecule has 0 radical (unpaired) electrons. The quantitative estimate of drug-likeness (QED) is 0.872. The summed E-state index contributed by atoms with van der Waals surface area (Å²) in [4.78, 5) is 33.9. The monoisotopic (exact) mass is 373 g/mol. The van der Waals surface area contributed by atoms with E-state index in [1.54, 1.807) is 22.7 Å². The molecule has 1 N–H and O–H groups in total. The molecule has 1 aliphatic rings. The van der Waals surface area contributed by atoms with Gasteiger partial charge >= 0.3 is 0 Å². The fraction of sp³-hybridized carbons (Fsp3) is 0.611. The molecule has 27 heavy (non-hydrogen) atoms. The molecule has 3 rings (SSSR count). The molecular formula is C18H27N7O2. The Labute approximate surface area is 158 Å². The van der Waals surface area contributed by atoms with E-state index in [2.05, 4.69) is 20.3 Å². The van der Waals surface area contributed by atoms with Gasteiger partial charge in [-0.3, -0.25) is 19.4 Å². The molecule has 0 aliphatic carbocycles. The van der Waals surface area contributed by atoms with Crippen molar-refractivity contribution in [3.05, 3.63) is 29.1 Å². The van der Waals surface area contributed by atoms with E-state index in [0.717, 1.165) is 5.69 Å². The van der Waals surface area contributed by atoms with E-state index in [-0.39, 0.29) is 23.8 Å². The fourth-order valence-corrected chi connectivity index (χ4v) is 3.47. The van der Waals surface area contributed by atoms with Gasteiger partial charge in [0, 0.05) is 32.6 Å². The highest BCUT2D eigenvalue weighted by Crippen LogP contribution is 2.25. The van der Waals surface area contributed by atoms with E-state index >= 15 is 0 Å². The first-order valence-corrected chi connectivity index (χ1v) is 9.27. The summed E-state index contributed by atoms with van der Waals surface area (Å²) in [6.45, 7) is 8.96. The summed E-state index contributed by atoms with van der Waals surface area (Å²) in [6.07, 6.45) is 0.709. The fourth-order valence-electron chi connectivity index (χ4n) is 3.47. The number of nitrogens with one attached hydrogen (secondary N) is 1. The van der Waals surface area contributed by atoms with Crippen LogP contribution in [-0.4, -0.2) is 66.2 Å².